The fourth-order valence-corrected chi connectivity index (χ4v) is 2.74. The van der Waals surface area contributed by atoms with Gasteiger partial charge in [0, 0.05) is 19.6 Å². The molecule has 2 unspecified atom stereocenters. The van der Waals surface area contributed by atoms with Crippen molar-refractivity contribution < 1.29 is 19.8 Å². The number of hydrogen-bond donors (Lipinski definition) is 3. The summed E-state index contributed by atoms with van der Waals surface area (Å²) < 4.78 is 0. The van der Waals surface area contributed by atoms with Crippen LogP contribution in [0.15, 0.2) is 0 Å². The Bertz CT molecular complexity index is 368. The number of carbonyl (C=O) groups excluding carboxylic acids is 1. The molecule has 0 aromatic heterocycles. The highest BCUT2D eigenvalue weighted by Crippen LogP contribution is 2.40. The summed E-state index contributed by atoms with van der Waals surface area (Å²) in [5.74, 6) is -0.752. The standard InChI is InChI=1S/C13H22N2O4/c1-9-7-15(6-3-10(9)16)12(19)14-8-13(11(17)18)4-2-5-13/h9-10,16H,2-8H2,1H3,(H,14,19)(H,17,18). The zero-order valence-corrected chi connectivity index (χ0v) is 11.3. The molecule has 2 aliphatic rings. The van der Waals surface area contributed by atoms with E-state index < -0.39 is 11.4 Å². The van der Waals surface area contributed by atoms with E-state index in [0.717, 1.165) is 6.42 Å². The van der Waals surface area contributed by atoms with Crippen molar-refractivity contribution in [1.29, 1.82) is 0 Å². The van der Waals surface area contributed by atoms with Gasteiger partial charge >= 0.3 is 12.0 Å². The Morgan fingerprint density at radius 1 is 1.42 bits per heavy atom. The molecule has 1 aliphatic heterocycles. The van der Waals surface area contributed by atoms with Crippen molar-refractivity contribution in [3.63, 3.8) is 0 Å². The largest absolute Gasteiger partial charge is 0.481 e. The van der Waals surface area contributed by atoms with Crippen molar-refractivity contribution in [2.75, 3.05) is 19.6 Å². The first-order chi connectivity index (χ1) is 8.94. The summed E-state index contributed by atoms with van der Waals surface area (Å²) in [6.45, 7) is 3.16. The fourth-order valence-electron chi connectivity index (χ4n) is 2.74. The third kappa shape index (κ3) is 2.83. The Morgan fingerprint density at radius 3 is 2.58 bits per heavy atom. The van der Waals surface area contributed by atoms with Crippen LogP contribution in [0, 0.1) is 11.3 Å². The number of aliphatic hydroxyl groups excluding tert-OH is 1. The second-order valence-electron chi connectivity index (χ2n) is 5.88. The number of carboxylic acid groups (broad SMARTS) is 1. The molecule has 3 N–H and O–H groups in total. The van der Waals surface area contributed by atoms with E-state index in [-0.39, 0.29) is 24.6 Å². The van der Waals surface area contributed by atoms with E-state index in [4.69, 9.17) is 0 Å². The van der Waals surface area contributed by atoms with Gasteiger partial charge in [-0.05, 0) is 25.2 Å². The van der Waals surface area contributed by atoms with E-state index in [2.05, 4.69) is 5.32 Å². The first-order valence-corrected chi connectivity index (χ1v) is 6.89. The number of likely N-dealkylation sites (tertiary alicyclic amines) is 1. The van der Waals surface area contributed by atoms with Crippen molar-refractivity contribution in [3.8, 4) is 0 Å². The van der Waals surface area contributed by atoms with Crippen LogP contribution in [-0.2, 0) is 4.79 Å². The zero-order valence-electron chi connectivity index (χ0n) is 11.3. The highest BCUT2D eigenvalue weighted by Gasteiger charge is 2.44. The predicted octanol–water partition coefficient (Wildman–Crippen LogP) is 0.654. The third-order valence-electron chi connectivity index (χ3n) is 4.49. The number of aliphatic carboxylic acids is 1. The van der Waals surface area contributed by atoms with Crippen molar-refractivity contribution >= 4 is 12.0 Å². The normalized spacial score (nSPS) is 29.5. The summed E-state index contributed by atoms with van der Waals surface area (Å²) in [5, 5.41) is 21.5. The molecular weight excluding hydrogens is 248 g/mol. The minimum atomic E-state index is -0.818. The average Bonchev–Trinajstić information content (AvgIpc) is 2.30. The van der Waals surface area contributed by atoms with Crippen molar-refractivity contribution in [3.05, 3.63) is 0 Å². The molecule has 6 nitrogen and oxygen atoms in total. The van der Waals surface area contributed by atoms with Crippen molar-refractivity contribution in [1.82, 2.24) is 10.2 Å². The zero-order chi connectivity index (χ0) is 14.0. The monoisotopic (exact) mass is 270 g/mol. The van der Waals surface area contributed by atoms with Gasteiger partial charge < -0.3 is 20.4 Å². The molecule has 1 saturated carbocycles. The van der Waals surface area contributed by atoms with Crippen molar-refractivity contribution in [2.24, 2.45) is 11.3 Å². The van der Waals surface area contributed by atoms with E-state index in [1.165, 1.54) is 0 Å². The number of carbonyl (C=O) groups is 2. The first kappa shape index (κ1) is 14.1. The van der Waals surface area contributed by atoms with Gasteiger partial charge in [-0.3, -0.25) is 4.79 Å². The maximum Gasteiger partial charge on any atom is 0.317 e. The predicted molar refractivity (Wildman–Crippen MR) is 68.7 cm³/mol. The average molecular weight is 270 g/mol. The van der Waals surface area contributed by atoms with Gasteiger partial charge in [-0.2, -0.15) is 0 Å². The second kappa shape index (κ2) is 5.36. The van der Waals surface area contributed by atoms with Crippen LogP contribution in [0.4, 0.5) is 4.79 Å². The molecular formula is C13H22N2O4. The number of rotatable bonds is 3. The van der Waals surface area contributed by atoms with Crippen LogP contribution in [0.5, 0.6) is 0 Å². The van der Waals surface area contributed by atoms with E-state index in [1.807, 2.05) is 6.92 Å². The lowest BCUT2D eigenvalue weighted by Gasteiger charge is -2.39. The fraction of sp³-hybridized carbons (Fsp3) is 0.846. The van der Waals surface area contributed by atoms with Crippen LogP contribution in [0.3, 0.4) is 0 Å². The number of amides is 2. The van der Waals surface area contributed by atoms with Crippen LogP contribution in [0.2, 0.25) is 0 Å². The molecule has 1 aliphatic carbocycles. The molecule has 6 heteroatoms. The number of nitrogens with one attached hydrogen (secondary N) is 1. The minimum absolute atomic E-state index is 0.0663. The summed E-state index contributed by atoms with van der Waals surface area (Å²) in [4.78, 5) is 24.8. The van der Waals surface area contributed by atoms with Gasteiger partial charge in [0.25, 0.3) is 0 Å². The topological polar surface area (TPSA) is 89.9 Å². The quantitative estimate of drug-likeness (QED) is 0.702. The molecule has 0 bridgehead atoms. The molecule has 2 fully saturated rings. The molecule has 0 aromatic carbocycles. The molecule has 2 atom stereocenters. The lowest BCUT2D eigenvalue weighted by Crippen LogP contribution is -2.53. The van der Waals surface area contributed by atoms with Crippen molar-refractivity contribution in [2.45, 2.75) is 38.7 Å². The van der Waals surface area contributed by atoms with E-state index in [0.29, 0.717) is 32.4 Å². The number of piperidine rings is 1. The molecule has 0 aromatic rings. The van der Waals surface area contributed by atoms with Gasteiger partial charge in [0.2, 0.25) is 0 Å². The Morgan fingerprint density at radius 2 is 2.11 bits per heavy atom. The molecule has 2 rings (SSSR count). The second-order valence-corrected chi connectivity index (χ2v) is 5.88. The van der Waals surface area contributed by atoms with E-state index in [1.54, 1.807) is 4.90 Å². The Labute approximate surface area is 112 Å². The summed E-state index contributed by atoms with van der Waals surface area (Å²) in [7, 11) is 0. The molecule has 0 radical (unpaired) electrons. The van der Waals surface area contributed by atoms with E-state index >= 15 is 0 Å². The number of nitrogens with zero attached hydrogens (tertiary/aromatic N) is 1. The summed E-state index contributed by atoms with van der Waals surface area (Å²) in [5.41, 5.74) is -0.753. The minimum Gasteiger partial charge on any atom is -0.481 e. The third-order valence-corrected chi connectivity index (χ3v) is 4.49. The van der Waals surface area contributed by atoms with Crippen LogP contribution in [0.25, 0.3) is 0 Å². The smallest absolute Gasteiger partial charge is 0.317 e. The lowest BCUT2D eigenvalue weighted by atomic mass is 9.69. The van der Waals surface area contributed by atoms with Crippen LogP contribution in [-0.4, -0.2) is 52.9 Å². The number of carboxylic acids is 1. The van der Waals surface area contributed by atoms with Crippen LogP contribution >= 0.6 is 0 Å². The Balaban J connectivity index is 1.83. The summed E-state index contributed by atoms with van der Waals surface area (Å²) in [6.07, 6.45) is 2.42. The Kier molecular flexibility index (Phi) is 3.99. The summed E-state index contributed by atoms with van der Waals surface area (Å²) in [6, 6.07) is -0.216. The number of aliphatic hydroxyl groups is 1. The molecule has 19 heavy (non-hydrogen) atoms. The SMILES string of the molecule is CC1CN(C(=O)NCC2(C(=O)O)CCC2)CCC1O. The highest BCUT2D eigenvalue weighted by atomic mass is 16.4. The van der Waals surface area contributed by atoms with Gasteiger partial charge in [0.15, 0.2) is 0 Å². The van der Waals surface area contributed by atoms with Crippen LogP contribution < -0.4 is 5.32 Å². The number of hydrogen-bond acceptors (Lipinski definition) is 3. The van der Waals surface area contributed by atoms with Gasteiger partial charge in [0.1, 0.15) is 0 Å². The highest BCUT2D eigenvalue weighted by molar-refractivity contribution is 5.79. The summed E-state index contributed by atoms with van der Waals surface area (Å²) >= 11 is 0. The van der Waals surface area contributed by atoms with Crippen LogP contribution in [0.1, 0.15) is 32.6 Å². The molecule has 1 heterocycles. The number of urea groups is 1. The maximum atomic E-state index is 12.0. The first-order valence-electron chi connectivity index (χ1n) is 6.89. The van der Waals surface area contributed by atoms with Gasteiger partial charge in [0.05, 0.1) is 11.5 Å². The van der Waals surface area contributed by atoms with E-state index in [9.17, 15) is 19.8 Å². The maximum absolute atomic E-state index is 12.0. The molecule has 108 valence electrons. The van der Waals surface area contributed by atoms with Gasteiger partial charge in [-0.15, -0.1) is 0 Å². The van der Waals surface area contributed by atoms with Gasteiger partial charge in [-0.25, -0.2) is 4.79 Å². The van der Waals surface area contributed by atoms with Gasteiger partial charge in [-0.1, -0.05) is 13.3 Å². The Hall–Kier alpha value is -1.30. The molecule has 2 amide bonds. The molecule has 0 spiro atoms. The molecule has 1 saturated heterocycles. The lowest BCUT2D eigenvalue weighted by molar-refractivity contribution is -0.153.